The SMILES string of the molecule is CSc1sc(C(=N)N)cc1N(S(=O)(=O)c1ccc(Cl)cc1)S(=O)(=O)c1ccc(Cl)cc1. The van der Waals surface area contributed by atoms with E-state index in [2.05, 4.69) is 0 Å². The molecule has 0 saturated carbocycles. The lowest BCUT2D eigenvalue weighted by molar-refractivity contribution is 0.584. The molecule has 164 valence electrons. The topological polar surface area (TPSA) is 121 Å². The molecule has 0 atom stereocenters. The van der Waals surface area contributed by atoms with Crippen molar-refractivity contribution in [1.29, 1.82) is 5.41 Å². The summed E-state index contributed by atoms with van der Waals surface area (Å²) in [6.45, 7) is 0. The number of thioether (sulfide) groups is 1. The Kier molecular flexibility index (Phi) is 6.94. The Labute approximate surface area is 198 Å². The summed E-state index contributed by atoms with van der Waals surface area (Å²) in [5.74, 6) is -0.306. The van der Waals surface area contributed by atoms with E-state index in [4.69, 9.17) is 34.3 Å². The molecule has 0 amide bonds. The molecule has 3 rings (SSSR count). The summed E-state index contributed by atoms with van der Waals surface area (Å²) >= 11 is 13.9. The summed E-state index contributed by atoms with van der Waals surface area (Å²) < 4.78 is 55.0. The van der Waals surface area contributed by atoms with Gasteiger partial charge in [-0.2, -0.15) is 3.71 Å². The third-order valence-electron chi connectivity index (χ3n) is 3.99. The highest BCUT2D eigenvalue weighted by atomic mass is 35.5. The number of benzene rings is 2. The maximum absolute atomic E-state index is 13.6. The quantitative estimate of drug-likeness (QED) is 0.258. The number of thiophene rings is 1. The van der Waals surface area contributed by atoms with Gasteiger partial charge in [-0.15, -0.1) is 23.1 Å². The molecule has 0 fully saturated rings. The van der Waals surface area contributed by atoms with Crippen LogP contribution in [-0.2, 0) is 20.0 Å². The molecular formula is C18H15Cl2N3O4S4. The Morgan fingerprint density at radius 2 is 1.35 bits per heavy atom. The van der Waals surface area contributed by atoms with Crippen LogP contribution in [0.5, 0.6) is 0 Å². The van der Waals surface area contributed by atoms with Gasteiger partial charge in [0, 0.05) is 10.0 Å². The number of hydrogen-bond acceptors (Lipinski definition) is 7. The van der Waals surface area contributed by atoms with Crippen LogP contribution in [0.25, 0.3) is 0 Å². The van der Waals surface area contributed by atoms with Crippen molar-refractivity contribution in [2.75, 3.05) is 9.97 Å². The van der Waals surface area contributed by atoms with Crippen LogP contribution in [0.4, 0.5) is 5.69 Å². The molecule has 31 heavy (non-hydrogen) atoms. The fourth-order valence-electron chi connectivity index (χ4n) is 2.56. The molecular weight excluding hydrogens is 521 g/mol. The van der Waals surface area contributed by atoms with Crippen LogP contribution in [0.15, 0.2) is 68.6 Å². The number of anilines is 1. The predicted molar refractivity (Wildman–Crippen MR) is 127 cm³/mol. The van der Waals surface area contributed by atoms with Crippen molar-refractivity contribution >= 4 is 77.9 Å². The van der Waals surface area contributed by atoms with Crippen molar-refractivity contribution in [3.8, 4) is 0 Å². The number of nitrogen functional groups attached to an aromatic ring is 1. The van der Waals surface area contributed by atoms with Crippen LogP contribution in [0.2, 0.25) is 10.0 Å². The van der Waals surface area contributed by atoms with E-state index in [9.17, 15) is 16.8 Å². The van der Waals surface area contributed by atoms with Gasteiger partial charge in [0.2, 0.25) is 0 Å². The van der Waals surface area contributed by atoms with Crippen LogP contribution in [0, 0.1) is 5.41 Å². The zero-order valence-corrected chi connectivity index (χ0v) is 20.5. The van der Waals surface area contributed by atoms with Crippen LogP contribution in [0.1, 0.15) is 4.88 Å². The van der Waals surface area contributed by atoms with Gasteiger partial charge in [-0.05, 0) is 60.9 Å². The molecule has 0 unspecified atom stereocenters. The number of sulfonamides is 2. The molecule has 3 N–H and O–H groups in total. The molecule has 0 saturated heterocycles. The summed E-state index contributed by atoms with van der Waals surface area (Å²) in [6, 6.07) is 11.6. The van der Waals surface area contributed by atoms with Crippen molar-refractivity contribution < 1.29 is 16.8 Å². The molecule has 0 aliphatic rings. The number of halogens is 2. The maximum Gasteiger partial charge on any atom is 0.277 e. The smallest absolute Gasteiger partial charge is 0.277 e. The lowest BCUT2D eigenvalue weighted by atomic mass is 10.4. The minimum absolute atomic E-state index is 0.118. The molecule has 1 aromatic heterocycles. The Balaban J connectivity index is 2.33. The van der Waals surface area contributed by atoms with Crippen molar-refractivity contribution in [1.82, 2.24) is 0 Å². The van der Waals surface area contributed by atoms with E-state index in [1.807, 2.05) is 0 Å². The summed E-state index contributed by atoms with van der Waals surface area (Å²) in [5.41, 5.74) is 5.44. The Morgan fingerprint density at radius 1 is 0.935 bits per heavy atom. The fourth-order valence-corrected chi connectivity index (χ4v) is 8.44. The van der Waals surface area contributed by atoms with E-state index in [1.165, 1.54) is 54.6 Å². The summed E-state index contributed by atoms with van der Waals surface area (Å²) in [5, 5.41) is 8.27. The largest absolute Gasteiger partial charge is 0.383 e. The third-order valence-corrected chi connectivity index (χ3v) is 11.0. The molecule has 0 aliphatic carbocycles. The monoisotopic (exact) mass is 535 g/mol. The van der Waals surface area contributed by atoms with Gasteiger partial charge in [0.1, 0.15) is 5.84 Å². The number of hydrogen-bond donors (Lipinski definition) is 2. The number of amidine groups is 1. The molecule has 1 heterocycles. The van der Waals surface area contributed by atoms with E-state index in [1.54, 1.807) is 6.26 Å². The second-order valence-electron chi connectivity index (χ2n) is 6.02. The highest BCUT2D eigenvalue weighted by molar-refractivity contribution is 8.10. The average molecular weight is 537 g/mol. The van der Waals surface area contributed by atoms with Gasteiger partial charge >= 0.3 is 0 Å². The molecule has 13 heteroatoms. The second-order valence-corrected chi connectivity index (χ2v) is 12.8. The molecule has 2 aromatic carbocycles. The Morgan fingerprint density at radius 3 is 1.71 bits per heavy atom. The first-order valence-corrected chi connectivity index (χ1v) is 14.0. The fraction of sp³-hybridized carbons (Fsp3) is 0.0556. The lowest BCUT2D eigenvalue weighted by Gasteiger charge is -2.24. The zero-order chi connectivity index (χ0) is 23.0. The lowest BCUT2D eigenvalue weighted by Crippen LogP contribution is -2.37. The Hall–Kier alpha value is -1.76. The van der Waals surface area contributed by atoms with Crippen molar-refractivity contribution in [2.24, 2.45) is 5.73 Å². The summed E-state index contributed by atoms with van der Waals surface area (Å²) in [7, 11) is -9.19. The highest BCUT2D eigenvalue weighted by Crippen LogP contribution is 2.42. The minimum Gasteiger partial charge on any atom is -0.383 e. The first-order valence-electron chi connectivity index (χ1n) is 8.32. The van der Waals surface area contributed by atoms with Crippen LogP contribution in [-0.4, -0.2) is 28.9 Å². The number of nitrogens with one attached hydrogen (secondary N) is 1. The van der Waals surface area contributed by atoms with Gasteiger partial charge in [-0.3, -0.25) is 5.41 Å². The van der Waals surface area contributed by atoms with E-state index < -0.39 is 20.0 Å². The number of nitrogens with two attached hydrogens (primary N) is 1. The first-order chi connectivity index (χ1) is 14.5. The van der Waals surface area contributed by atoms with E-state index in [-0.39, 0.29) is 26.2 Å². The standard InChI is InChI=1S/C18H15Cl2N3O4S4/c1-28-18-15(10-16(29-18)17(21)22)23(30(24,25)13-6-2-11(19)3-7-13)31(26,27)14-8-4-12(20)5-9-14/h2-10H,1H3,(H3,21,22). The highest BCUT2D eigenvalue weighted by Gasteiger charge is 2.39. The van der Waals surface area contributed by atoms with Gasteiger partial charge in [-0.25, -0.2) is 16.8 Å². The van der Waals surface area contributed by atoms with E-state index in [0.717, 1.165) is 23.1 Å². The molecule has 0 bridgehead atoms. The predicted octanol–water partition coefficient (Wildman–Crippen LogP) is 4.65. The third kappa shape index (κ3) is 4.71. The van der Waals surface area contributed by atoms with Crippen LogP contribution in [0.3, 0.4) is 0 Å². The maximum atomic E-state index is 13.6. The van der Waals surface area contributed by atoms with Crippen molar-refractivity contribution in [3.63, 3.8) is 0 Å². The van der Waals surface area contributed by atoms with Crippen molar-refractivity contribution in [2.45, 2.75) is 14.0 Å². The van der Waals surface area contributed by atoms with Gasteiger partial charge in [0.15, 0.2) is 0 Å². The molecule has 7 nitrogen and oxygen atoms in total. The first kappa shape index (κ1) is 23.9. The summed E-state index contributed by atoms with van der Waals surface area (Å²) in [6.07, 6.45) is 1.67. The van der Waals surface area contributed by atoms with E-state index >= 15 is 0 Å². The van der Waals surface area contributed by atoms with Crippen molar-refractivity contribution in [3.05, 3.63) is 69.5 Å². The molecule has 0 spiro atoms. The zero-order valence-electron chi connectivity index (χ0n) is 15.7. The minimum atomic E-state index is -4.60. The Bertz CT molecular complexity index is 1260. The van der Waals surface area contributed by atoms with Crippen LogP contribution < -0.4 is 9.44 Å². The normalized spacial score (nSPS) is 12.0. The second kappa shape index (κ2) is 9.00. The van der Waals surface area contributed by atoms with Gasteiger partial charge in [0.25, 0.3) is 20.0 Å². The van der Waals surface area contributed by atoms with Crippen LogP contribution >= 0.6 is 46.3 Å². The summed E-state index contributed by atoms with van der Waals surface area (Å²) in [4.78, 5) is -0.295. The van der Waals surface area contributed by atoms with E-state index in [0.29, 0.717) is 18.0 Å². The van der Waals surface area contributed by atoms with Gasteiger partial charge in [0.05, 0.1) is 24.6 Å². The van der Waals surface area contributed by atoms with Gasteiger partial charge in [-0.1, -0.05) is 23.2 Å². The molecule has 3 aromatic rings. The molecule has 0 aliphatic heterocycles. The molecule has 0 radical (unpaired) electrons. The number of nitrogens with zero attached hydrogens (tertiary/aromatic N) is 1. The van der Waals surface area contributed by atoms with Gasteiger partial charge < -0.3 is 5.73 Å². The number of rotatable bonds is 7. The average Bonchev–Trinajstić information content (AvgIpc) is 3.12.